The summed E-state index contributed by atoms with van der Waals surface area (Å²) in [5.41, 5.74) is 2.45. The Morgan fingerprint density at radius 3 is 2.76 bits per heavy atom. The van der Waals surface area contributed by atoms with E-state index >= 15 is 0 Å². The van der Waals surface area contributed by atoms with Crippen LogP contribution in [0.2, 0.25) is 0 Å². The fourth-order valence-corrected chi connectivity index (χ4v) is 4.66. The first-order valence-electron chi connectivity index (χ1n) is 10.2. The Hall–Kier alpha value is -0.900. The number of hydrogen-bond donors (Lipinski definition) is 2. The van der Waals surface area contributed by atoms with Crippen molar-refractivity contribution in [2.24, 2.45) is 11.8 Å². The van der Waals surface area contributed by atoms with E-state index in [0.29, 0.717) is 12.3 Å². The Balaban J connectivity index is 1.57. The van der Waals surface area contributed by atoms with Crippen molar-refractivity contribution in [3.8, 4) is 0 Å². The summed E-state index contributed by atoms with van der Waals surface area (Å²) in [5.74, 6) is 0.535. The Labute approximate surface area is 152 Å². The summed E-state index contributed by atoms with van der Waals surface area (Å²) in [4.78, 5) is 0. The number of unbranched alkanes of at least 4 members (excludes halogenated alkanes) is 5. The van der Waals surface area contributed by atoms with Gasteiger partial charge in [-0.3, -0.25) is 0 Å². The molecule has 25 heavy (non-hydrogen) atoms. The molecule has 1 saturated carbocycles. The molecule has 0 saturated heterocycles. The van der Waals surface area contributed by atoms with Crippen LogP contribution in [0.3, 0.4) is 0 Å². The van der Waals surface area contributed by atoms with Gasteiger partial charge in [0.2, 0.25) is 0 Å². The highest BCUT2D eigenvalue weighted by atomic mass is 16.5. The van der Waals surface area contributed by atoms with Gasteiger partial charge >= 0.3 is 0 Å². The van der Waals surface area contributed by atoms with Crippen molar-refractivity contribution in [2.45, 2.75) is 89.6 Å². The van der Waals surface area contributed by atoms with Crippen molar-refractivity contribution in [3.63, 3.8) is 0 Å². The highest BCUT2D eigenvalue weighted by Crippen LogP contribution is 2.46. The Bertz CT molecular complexity index is 533. The van der Waals surface area contributed by atoms with E-state index in [1.165, 1.54) is 43.3 Å². The van der Waals surface area contributed by atoms with Crippen LogP contribution < -0.4 is 0 Å². The number of rotatable bonds is 7. The van der Waals surface area contributed by atoms with Crippen LogP contribution in [0.1, 0.15) is 65.2 Å². The summed E-state index contributed by atoms with van der Waals surface area (Å²) in [6.45, 7) is 4.37. The predicted molar refractivity (Wildman–Crippen MR) is 101 cm³/mol. The molecule has 3 rings (SSSR count). The zero-order valence-corrected chi connectivity index (χ0v) is 15.7. The van der Waals surface area contributed by atoms with Gasteiger partial charge < -0.3 is 14.9 Å². The van der Waals surface area contributed by atoms with Crippen LogP contribution in [0.5, 0.6) is 0 Å². The molecule has 0 radical (unpaired) electrons. The molecule has 0 aromatic heterocycles. The Morgan fingerprint density at radius 2 is 1.96 bits per heavy atom. The molecule has 2 N–H and O–H groups in total. The molecule has 2 aliphatic carbocycles. The summed E-state index contributed by atoms with van der Waals surface area (Å²) in [6, 6.07) is 0. The smallest absolute Gasteiger partial charge is 0.0991 e. The van der Waals surface area contributed by atoms with Crippen LogP contribution in [0.15, 0.2) is 35.5 Å². The molecule has 3 aliphatic rings. The third-order valence-electron chi connectivity index (χ3n) is 6.03. The third kappa shape index (κ3) is 4.45. The number of aliphatic hydroxyl groups excluding tert-OH is 2. The van der Waals surface area contributed by atoms with E-state index in [2.05, 4.69) is 32.1 Å². The second-order valence-electron chi connectivity index (χ2n) is 8.07. The van der Waals surface area contributed by atoms with E-state index in [1.807, 2.05) is 6.08 Å². The molecule has 0 aromatic carbocycles. The van der Waals surface area contributed by atoms with Crippen molar-refractivity contribution >= 4 is 0 Å². The minimum atomic E-state index is -0.559. The second-order valence-corrected chi connectivity index (χ2v) is 8.07. The van der Waals surface area contributed by atoms with Gasteiger partial charge in [0.05, 0.1) is 24.4 Å². The first kappa shape index (κ1) is 18.9. The van der Waals surface area contributed by atoms with Gasteiger partial charge in [0.15, 0.2) is 0 Å². The van der Waals surface area contributed by atoms with Crippen molar-refractivity contribution in [3.05, 3.63) is 35.5 Å². The van der Waals surface area contributed by atoms with Gasteiger partial charge in [0.25, 0.3) is 0 Å². The van der Waals surface area contributed by atoms with Crippen LogP contribution >= 0.6 is 0 Å². The largest absolute Gasteiger partial charge is 0.393 e. The fraction of sp³-hybridized carbons (Fsp3) is 0.727. The summed E-state index contributed by atoms with van der Waals surface area (Å²) >= 11 is 0. The highest BCUT2D eigenvalue weighted by molar-refractivity contribution is 5.30. The number of ether oxygens (including phenoxy) is 1. The van der Waals surface area contributed by atoms with Gasteiger partial charge in [-0.1, -0.05) is 62.5 Å². The molecule has 1 heterocycles. The van der Waals surface area contributed by atoms with E-state index in [0.717, 1.165) is 12.8 Å². The average molecular weight is 347 g/mol. The average Bonchev–Trinajstić information content (AvgIpc) is 2.95. The SMILES string of the molecule is CCCCCCC/C=C/[C@H]1OC2C(O)C=C3CC(O)CC3C2C=C1C. The van der Waals surface area contributed by atoms with Crippen molar-refractivity contribution in [1.29, 1.82) is 0 Å². The monoisotopic (exact) mass is 346 g/mol. The van der Waals surface area contributed by atoms with Gasteiger partial charge in [-0.2, -0.15) is 0 Å². The topological polar surface area (TPSA) is 49.7 Å². The molecule has 5 unspecified atom stereocenters. The molecule has 0 bridgehead atoms. The molecule has 140 valence electrons. The van der Waals surface area contributed by atoms with Gasteiger partial charge in [-0.15, -0.1) is 0 Å². The zero-order valence-electron chi connectivity index (χ0n) is 15.7. The normalized spacial score (nSPS) is 37.6. The third-order valence-corrected chi connectivity index (χ3v) is 6.03. The molecule has 1 aliphatic heterocycles. The van der Waals surface area contributed by atoms with Crippen molar-refractivity contribution < 1.29 is 14.9 Å². The number of aliphatic hydroxyl groups is 2. The molecule has 1 fully saturated rings. The van der Waals surface area contributed by atoms with Gasteiger partial charge in [0.1, 0.15) is 0 Å². The van der Waals surface area contributed by atoms with Crippen LogP contribution in [0.4, 0.5) is 0 Å². The maximum absolute atomic E-state index is 10.5. The highest BCUT2D eigenvalue weighted by Gasteiger charge is 2.45. The Kier molecular flexibility index (Phi) is 6.54. The molecule has 0 spiro atoms. The Morgan fingerprint density at radius 1 is 1.16 bits per heavy atom. The summed E-state index contributed by atoms with van der Waals surface area (Å²) < 4.78 is 6.27. The zero-order chi connectivity index (χ0) is 17.8. The molecule has 3 nitrogen and oxygen atoms in total. The maximum Gasteiger partial charge on any atom is 0.0991 e. The maximum atomic E-state index is 10.5. The van der Waals surface area contributed by atoms with Crippen molar-refractivity contribution in [1.82, 2.24) is 0 Å². The van der Waals surface area contributed by atoms with E-state index < -0.39 is 6.10 Å². The molecule has 3 heteroatoms. The van der Waals surface area contributed by atoms with Gasteiger partial charge in [-0.25, -0.2) is 0 Å². The molecule has 0 aromatic rings. The minimum absolute atomic E-state index is 0.0205. The summed E-state index contributed by atoms with van der Waals surface area (Å²) in [6.07, 6.45) is 16.7. The summed E-state index contributed by atoms with van der Waals surface area (Å²) in [7, 11) is 0. The van der Waals surface area contributed by atoms with Crippen LogP contribution in [-0.4, -0.2) is 34.6 Å². The minimum Gasteiger partial charge on any atom is -0.393 e. The number of allylic oxidation sites excluding steroid dienone is 1. The predicted octanol–water partition coefficient (Wildman–Crippen LogP) is 4.30. The first-order chi connectivity index (χ1) is 12.1. The van der Waals surface area contributed by atoms with Crippen molar-refractivity contribution in [2.75, 3.05) is 0 Å². The number of fused-ring (bicyclic) bond motifs is 3. The molecule has 6 atom stereocenters. The van der Waals surface area contributed by atoms with Crippen LogP contribution in [0.25, 0.3) is 0 Å². The van der Waals surface area contributed by atoms with Gasteiger partial charge in [0, 0.05) is 5.92 Å². The lowest BCUT2D eigenvalue weighted by Gasteiger charge is -2.42. The molecular weight excluding hydrogens is 312 g/mol. The lowest BCUT2D eigenvalue weighted by molar-refractivity contribution is -0.0790. The second kappa shape index (κ2) is 8.66. The quantitative estimate of drug-likeness (QED) is 0.533. The van der Waals surface area contributed by atoms with Crippen LogP contribution in [-0.2, 0) is 4.74 Å². The van der Waals surface area contributed by atoms with E-state index in [9.17, 15) is 10.2 Å². The van der Waals surface area contributed by atoms with E-state index in [-0.39, 0.29) is 24.2 Å². The first-order valence-corrected chi connectivity index (χ1v) is 10.2. The lowest BCUT2D eigenvalue weighted by Crippen LogP contribution is -2.46. The van der Waals surface area contributed by atoms with Crippen LogP contribution in [0, 0.1) is 11.8 Å². The van der Waals surface area contributed by atoms with Gasteiger partial charge in [-0.05, 0) is 44.1 Å². The van der Waals surface area contributed by atoms with E-state index in [1.54, 1.807) is 0 Å². The van der Waals surface area contributed by atoms with E-state index in [4.69, 9.17) is 4.74 Å². The standard InChI is InChI=1S/C22H34O3/c1-3-4-5-6-7-8-9-10-21-15(2)11-19-18-14-17(23)12-16(18)13-20(24)22(19)25-21/h9-11,13,17-24H,3-8,12,14H2,1-2H3/b10-9+/t17?,18?,19?,20?,21-,22?/m1/s1. The summed E-state index contributed by atoms with van der Waals surface area (Å²) in [5, 5.41) is 20.5. The molecule has 0 amide bonds. The number of hydrogen-bond acceptors (Lipinski definition) is 3. The fourth-order valence-electron chi connectivity index (χ4n) is 4.66. The lowest BCUT2D eigenvalue weighted by atomic mass is 9.74. The molecular formula is C22H34O3.